The van der Waals surface area contributed by atoms with Crippen LogP contribution in [0.2, 0.25) is 0 Å². The van der Waals surface area contributed by atoms with E-state index < -0.39 is 0 Å². The Morgan fingerprint density at radius 2 is 2.07 bits per heavy atom. The van der Waals surface area contributed by atoms with Crippen molar-refractivity contribution in [1.82, 2.24) is 5.32 Å². The minimum atomic E-state index is 0.0731. The average molecular weight is 212 g/mol. The van der Waals surface area contributed by atoms with Crippen LogP contribution in [0.5, 0.6) is 0 Å². The van der Waals surface area contributed by atoms with Crippen LogP contribution in [-0.2, 0) is 4.74 Å². The fraction of sp³-hybridized carbons (Fsp3) is 1.00. The zero-order chi connectivity index (χ0) is 10.7. The first-order valence-electron chi connectivity index (χ1n) is 6.25. The van der Waals surface area contributed by atoms with E-state index in [4.69, 9.17) is 10.5 Å². The van der Waals surface area contributed by atoms with Crippen molar-refractivity contribution < 1.29 is 4.74 Å². The Morgan fingerprint density at radius 1 is 1.33 bits per heavy atom. The van der Waals surface area contributed by atoms with E-state index in [1.165, 1.54) is 32.1 Å². The van der Waals surface area contributed by atoms with Gasteiger partial charge in [-0.15, -0.1) is 0 Å². The minimum Gasteiger partial charge on any atom is -0.383 e. The number of rotatable bonds is 8. The fourth-order valence-electron chi connectivity index (χ4n) is 2.44. The van der Waals surface area contributed by atoms with Crippen LogP contribution in [0.15, 0.2) is 0 Å². The lowest BCUT2D eigenvalue weighted by Gasteiger charge is -2.33. The number of ether oxygens (including phenoxy) is 1. The van der Waals surface area contributed by atoms with Crippen LogP contribution >= 0.6 is 0 Å². The van der Waals surface area contributed by atoms with Gasteiger partial charge in [0.2, 0.25) is 0 Å². The highest BCUT2D eigenvalue weighted by molar-refractivity contribution is 5.02. The number of nitrogens with two attached hydrogens (primary N) is 1. The molecule has 2 rings (SSSR count). The van der Waals surface area contributed by atoms with Crippen molar-refractivity contribution in [3.8, 4) is 0 Å². The van der Waals surface area contributed by atoms with Crippen LogP contribution in [0, 0.1) is 11.8 Å². The SMILES string of the molecule is COCC(CN)(NCCC1CC1)C1CC1. The number of hydrogen-bond donors (Lipinski definition) is 2. The zero-order valence-corrected chi connectivity index (χ0v) is 9.80. The van der Waals surface area contributed by atoms with E-state index in [1.807, 2.05) is 0 Å². The third-order valence-corrected chi connectivity index (χ3v) is 3.85. The maximum Gasteiger partial charge on any atom is 0.0659 e. The van der Waals surface area contributed by atoms with E-state index >= 15 is 0 Å². The predicted octanol–water partition coefficient (Wildman–Crippen LogP) is 1.13. The molecule has 0 aliphatic heterocycles. The van der Waals surface area contributed by atoms with Gasteiger partial charge in [-0.05, 0) is 37.6 Å². The highest BCUT2D eigenvalue weighted by Crippen LogP contribution is 2.40. The summed E-state index contributed by atoms with van der Waals surface area (Å²) in [4.78, 5) is 0. The lowest BCUT2D eigenvalue weighted by Crippen LogP contribution is -2.56. The maximum absolute atomic E-state index is 5.92. The molecular weight excluding hydrogens is 188 g/mol. The van der Waals surface area contributed by atoms with E-state index in [2.05, 4.69) is 5.32 Å². The smallest absolute Gasteiger partial charge is 0.0659 e. The van der Waals surface area contributed by atoms with Gasteiger partial charge >= 0.3 is 0 Å². The number of nitrogens with one attached hydrogen (secondary N) is 1. The second-order valence-corrected chi connectivity index (χ2v) is 5.23. The third kappa shape index (κ3) is 2.92. The van der Waals surface area contributed by atoms with Crippen molar-refractivity contribution in [3.63, 3.8) is 0 Å². The van der Waals surface area contributed by atoms with Crippen molar-refractivity contribution >= 4 is 0 Å². The Hall–Kier alpha value is -0.120. The van der Waals surface area contributed by atoms with Gasteiger partial charge in [-0.25, -0.2) is 0 Å². The molecule has 88 valence electrons. The molecular formula is C12H24N2O. The molecule has 0 bridgehead atoms. The predicted molar refractivity (Wildman–Crippen MR) is 61.7 cm³/mol. The molecule has 2 fully saturated rings. The van der Waals surface area contributed by atoms with Gasteiger partial charge in [0.05, 0.1) is 12.1 Å². The molecule has 2 aliphatic rings. The first-order valence-corrected chi connectivity index (χ1v) is 6.25. The van der Waals surface area contributed by atoms with E-state index in [9.17, 15) is 0 Å². The standard InChI is InChI=1S/C12H24N2O/c1-15-9-12(8-13,11-4-5-11)14-7-6-10-2-3-10/h10-11,14H,2-9,13H2,1H3. The zero-order valence-electron chi connectivity index (χ0n) is 9.80. The van der Waals surface area contributed by atoms with Crippen LogP contribution in [0.4, 0.5) is 0 Å². The first kappa shape index (κ1) is 11.4. The number of hydrogen-bond acceptors (Lipinski definition) is 3. The summed E-state index contributed by atoms with van der Waals surface area (Å²) in [5, 5.41) is 3.67. The van der Waals surface area contributed by atoms with Crippen LogP contribution in [0.3, 0.4) is 0 Å². The van der Waals surface area contributed by atoms with Crippen LogP contribution in [-0.4, -0.2) is 32.3 Å². The summed E-state index contributed by atoms with van der Waals surface area (Å²) >= 11 is 0. The maximum atomic E-state index is 5.92. The summed E-state index contributed by atoms with van der Waals surface area (Å²) in [5.74, 6) is 1.75. The molecule has 15 heavy (non-hydrogen) atoms. The quantitative estimate of drug-likeness (QED) is 0.634. The summed E-state index contributed by atoms with van der Waals surface area (Å²) in [6, 6.07) is 0. The monoisotopic (exact) mass is 212 g/mol. The Balaban J connectivity index is 1.78. The Bertz CT molecular complexity index is 202. The van der Waals surface area contributed by atoms with Gasteiger partial charge < -0.3 is 15.8 Å². The molecule has 0 spiro atoms. The average Bonchev–Trinajstić information content (AvgIpc) is 3.07. The molecule has 0 saturated heterocycles. The molecule has 0 radical (unpaired) electrons. The molecule has 0 amide bonds. The van der Waals surface area contributed by atoms with E-state index in [1.54, 1.807) is 7.11 Å². The summed E-state index contributed by atoms with van der Waals surface area (Å²) in [7, 11) is 1.77. The molecule has 2 aliphatic carbocycles. The summed E-state index contributed by atoms with van der Waals surface area (Å²) in [6.07, 6.45) is 6.82. The molecule has 1 unspecified atom stereocenters. The molecule has 0 heterocycles. The summed E-state index contributed by atoms with van der Waals surface area (Å²) in [6.45, 7) is 2.58. The van der Waals surface area contributed by atoms with Gasteiger partial charge in [0.25, 0.3) is 0 Å². The van der Waals surface area contributed by atoms with Gasteiger partial charge in [0.15, 0.2) is 0 Å². The van der Waals surface area contributed by atoms with Crippen LogP contribution in [0.25, 0.3) is 0 Å². The van der Waals surface area contributed by atoms with E-state index in [0.717, 1.165) is 25.0 Å². The van der Waals surface area contributed by atoms with Crippen molar-refractivity contribution in [3.05, 3.63) is 0 Å². The highest BCUT2D eigenvalue weighted by Gasteiger charge is 2.44. The van der Waals surface area contributed by atoms with Crippen molar-refractivity contribution in [1.29, 1.82) is 0 Å². The van der Waals surface area contributed by atoms with Gasteiger partial charge in [0.1, 0.15) is 0 Å². The Labute approximate surface area is 92.7 Å². The fourth-order valence-corrected chi connectivity index (χ4v) is 2.44. The Morgan fingerprint density at radius 3 is 2.53 bits per heavy atom. The van der Waals surface area contributed by atoms with Gasteiger partial charge in [0, 0.05) is 13.7 Å². The van der Waals surface area contributed by atoms with Gasteiger partial charge in [-0.2, -0.15) is 0 Å². The Kier molecular flexibility index (Phi) is 3.65. The van der Waals surface area contributed by atoms with Gasteiger partial charge in [-0.1, -0.05) is 12.8 Å². The molecule has 3 N–H and O–H groups in total. The minimum absolute atomic E-state index is 0.0731. The molecule has 3 nitrogen and oxygen atoms in total. The topological polar surface area (TPSA) is 47.3 Å². The third-order valence-electron chi connectivity index (χ3n) is 3.85. The molecule has 0 aromatic rings. The number of methoxy groups -OCH3 is 1. The van der Waals surface area contributed by atoms with E-state index in [-0.39, 0.29) is 5.54 Å². The summed E-state index contributed by atoms with van der Waals surface area (Å²) in [5.41, 5.74) is 6.00. The normalized spacial score (nSPS) is 25.2. The lowest BCUT2D eigenvalue weighted by molar-refractivity contribution is 0.0983. The van der Waals surface area contributed by atoms with Crippen molar-refractivity contribution in [2.24, 2.45) is 17.6 Å². The largest absolute Gasteiger partial charge is 0.383 e. The second-order valence-electron chi connectivity index (χ2n) is 5.23. The van der Waals surface area contributed by atoms with Crippen LogP contribution < -0.4 is 11.1 Å². The molecule has 2 saturated carbocycles. The first-order chi connectivity index (χ1) is 7.30. The lowest BCUT2D eigenvalue weighted by atomic mass is 9.94. The molecule has 0 aromatic carbocycles. The van der Waals surface area contributed by atoms with E-state index in [0.29, 0.717) is 6.54 Å². The molecule has 1 atom stereocenters. The van der Waals surface area contributed by atoms with Crippen LogP contribution in [0.1, 0.15) is 32.1 Å². The summed E-state index contributed by atoms with van der Waals surface area (Å²) < 4.78 is 5.33. The molecule has 0 aromatic heterocycles. The second kappa shape index (κ2) is 4.81. The molecule has 3 heteroatoms. The van der Waals surface area contributed by atoms with Crippen molar-refractivity contribution in [2.45, 2.75) is 37.6 Å². The highest BCUT2D eigenvalue weighted by atomic mass is 16.5. The van der Waals surface area contributed by atoms with Gasteiger partial charge in [-0.3, -0.25) is 0 Å². The van der Waals surface area contributed by atoms with Crippen molar-refractivity contribution in [2.75, 3.05) is 26.8 Å².